The average molecular weight is 512 g/mol. The normalized spacial score (nSPS) is 18.7. The maximum Gasteiger partial charge on any atom is 0.338 e. The molecule has 4 aromatic rings. The third-order valence-electron chi connectivity index (χ3n) is 7.41. The fraction of sp³-hybridized carbons (Fsp3) is 0.346. The van der Waals surface area contributed by atoms with E-state index < -0.39 is 29.9 Å². The first-order valence-corrected chi connectivity index (χ1v) is 12.3. The van der Waals surface area contributed by atoms with Gasteiger partial charge < -0.3 is 14.8 Å². The van der Waals surface area contributed by atoms with Crippen LogP contribution in [0.25, 0.3) is 27.3 Å². The summed E-state index contributed by atoms with van der Waals surface area (Å²) in [5, 5.41) is 2.80. The molecule has 192 valence electrons. The summed E-state index contributed by atoms with van der Waals surface area (Å²) in [5.74, 6) is 2.56. The highest BCUT2D eigenvalue weighted by molar-refractivity contribution is 5.93. The molecular weight excluding hydrogens is 486 g/mol. The molecule has 0 radical (unpaired) electrons. The van der Waals surface area contributed by atoms with Gasteiger partial charge in [0, 0.05) is 31.9 Å². The summed E-state index contributed by atoms with van der Waals surface area (Å²) in [7, 11) is 1.47. The van der Waals surface area contributed by atoms with Gasteiger partial charge in [-0.3, -0.25) is 19.0 Å². The number of nitrogens with one attached hydrogen (secondary N) is 1. The van der Waals surface area contributed by atoms with Crippen molar-refractivity contribution < 1.29 is 4.79 Å². The molecule has 3 atom stereocenters. The van der Waals surface area contributed by atoms with Crippen molar-refractivity contribution in [3.05, 3.63) is 75.1 Å². The van der Waals surface area contributed by atoms with Crippen LogP contribution in [-0.4, -0.2) is 47.6 Å². The van der Waals surface area contributed by atoms with Gasteiger partial charge in [-0.05, 0) is 49.4 Å². The summed E-state index contributed by atoms with van der Waals surface area (Å²) >= 11 is 0. The highest BCUT2D eigenvalue weighted by atomic mass is 16.2. The zero-order chi connectivity index (χ0) is 26.6. The van der Waals surface area contributed by atoms with E-state index in [0.29, 0.717) is 11.5 Å². The van der Waals surface area contributed by atoms with E-state index in [1.165, 1.54) is 28.9 Å². The van der Waals surface area contributed by atoms with E-state index in [9.17, 15) is 14.4 Å². The van der Waals surface area contributed by atoms with Crippen molar-refractivity contribution in [2.24, 2.45) is 18.9 Å². The van der Waals surface area contributed by atoms with Crippen molar-refractivity contribution in [2.75, 3.05) is 23.3 Å². The second-order valence-corrected chi connectivity index (χ2v) is 9.84. The molecule has 38 heavy (non-hydrogen) atoms. The molecule has 2 unspecified atom stereocenters. The molecular formula is C26H25N9O3. The van der Waals surface area contributed by atoms with Gasteiger partial charge in [0.2, 0.25) is 5.91 Å². The predicted molar refractivity (Wildman–Crippen MR) is 140 cm³/mol. The standard InChI is InChI=1S/C26H25N9O3/c1-15(34-14-29-23-22(34)25(37)35(13-27-2)26(38)32(23)3)24(36)31-20-6-4-5-19(30-20)16-7-8-21(28-10-16)33-11-17-9-18(17)12-33/h4-8,10,14-15,17-18H,9,11-13H2,1,3H3,(H,30,31,36)/t15-,17?,18?/m0/s1. The van der Waals surface area contributed by atoms with Crippen LogP contribution in [0.5, 0.6) is 0 Å². The van der Waals surface area contributed by atoms with Crippen molar-refractivity contribution in [1.29, 1.82) is 0 Å². The molecule has 4 aromatic heterocycles. The Morgan fingerprint density at radius 3 is 2.68 bits per heavy atom. The molecule has 0 bridgehead atoms. The third kappa shape index (κ3) is 3.92. The Labute approximate surface area is 217 Å². The number of pyridine rings is 2. The van der Waals surface area contributed by atoms with Crippen LogP contribution in [-0.2, 0) is 18.5 Å². The number of amides is 1. The third-order valence-corrected chi connectivity index (χ3v) is 7.41. The Balaban J connectivity index is 1.23. The SMILES string of the molecule is [C-]#[N+]Cn1c(=O)c2c(ncn2[C@@H](C)C(=O)Nc2cccc(-c3ccc(N4CC5CC5C4)nc3)n2)n(C)c1=O. The topological polar surface area (TPSA) is 124 Å². The van der Waals surface area contributed by atoms with Crippen LogP contribution >= 0.6 is 0 Å². The van der Waals surface area contributed by atoms with Gasteiger partial charge in [0.05, 0.1) is 12.0 Å². The van der Waals surface area contributed by atoms with Crippen LogP contribution in [0.4, 0.5) is 11.6 Å². The van der Waals surface area contributed by atoms with Crippen molar-refractivity contribution in [1.82, 2.24) is 28.7 Å². The van der Waals surface area contributed by atoms with Crippen molar-refractivity contribution in [3.63, 3.8) is 0 Å². The molecule has 0 spiro atoms. The number of aryl methyl sites for hydroxylation is 1. The molecule has 1 saturated carbocycles. The number of hydrogen-bond acceptors (Lipinski definition) is 7. The van der Waals surface area contributed by atoms with Gasteiger partial charge in [0.25, 0.3) is 12.2 Å². The fourth-order valence-electron chi connectivity index (χ4n) is 5.11. The largest absolute Gasteiger partial charge is 0.356 e. The lowest BCUT2D eigenvalue weighted by Crippen LogP contribution is -2.39. The van der Waals surface area contributed by atoms with E-state index >= 15 is 0 Å². The van der Waals surface area contributed by atoms with Crippen LogP contribution in [0.1, 0.15) is 19.4 Å². The van der Waals surface area contributed by atoms with Crippen LogP contribution in [0.2, 0.25) is 0 Å². The van der Waals surface area contributed by atoms with E-state index in [-0.39, 0.29) is 11.2 Å². The molecule has 2 fully saturated rings. The number of hydrogen-bond donors (Lipinski definition) is 1. The van der Waals surface area contributed by atoms with Crippen molar-refractivity contribution >= 4 is 28.7 Å². The molecule has 6 rings (SSSR count). The van der Waals surface area contributed by atoms with E-state index in [1.807, 2.05) is 18.2 Å². The van der Waals surface area contributed by atoms with Gasteiger partial charge in [-0.15, -0.1) is 0 Å². The zero-order valence-electron chi connectivity index (χ0n) is 20.9. The van der Waals surface area contributed by atoms with Crippen molar-refractivity contribution in [3.8, 4) is 11.3 Å². The van der Waals surface area contributed by atoms with Crippen molar-refractivity contribution in [2.45, 2.75) is 26.1 Å². The summed E-state index contributed by atoms with van der Waals surface area (Å²) in [6.07, 6.45) is 4.48. The van der Waals surface area contributed by atoms with Gasteiger partial charge in [0.15, 0.2) is 11.2 Å². The molecule has 0 aromatic carbocycles. The van der Waals surface area contributed by atoms with Gasteiger partial charge >= 0.3 is 5.69 Å². The first-order chi connectivity index (χ1) is 18.4. The number of aromatic nitrogens is 6. The number of nitrogens with zero attached hydrogens (tertiary/aromatic N) is 8. The van der Waals surface area contributed by atoms with Crippen LogP contribution in [0.3, 0.4) is 0 Å². The highest BCUT2D eigenvalue weighted by Gasteiger charge is 2.45. The first kappa shape index (κ1) is 23.6. The minimum atomic E-state index is -0.843. The Kier molecular flexibility index (Phi) is 5.56. The maximum absolute atomic E-state index is 13.2. The maximum atomic E-state index is 13.2. The number of piperidine rings is 1. The second-order valence-electron chi connectivity index (χ2n) is 9.84. The lowest BCUT2D eigenvalue weighted by atomic mass is 10.2. The molecule has 12 heteroatoms. The average Bonchev–Trinajstić information content (AvgIpc) is 3.32. The summed E-state index contributed by atoms with van der Waals surface area (Å²) in [6.45, 7) is 10.4. The zero-order valence-corrected chi connectivity index (χ0v) is 20.9. The number of rotatable bonds is 6. The van der Waals surface area contributed by atoms with E-state index in [0.717, 1.165) is 40.9 Å². The summed E-state index contributed by atoms with van der Waals surface area (Å²) in [5.41, 5.74) is 0.414. The Morgan fingerprint density at radius 2 is 1.97 bits per heavy atom. The summed E-state index contributed by atoms with van der Waals surface area (Å²) in [6, 6.07) is 8.49. The van der Waals surface area contributed by atoms with Gasteiger partial charge in [-0.1, -0.05) is 6.07 Å². The molecule has 1 saturated heterocycles. The molecule has 1 aliphatic carbocycles. The smallest absolute Gasteiger partial charge is 0.338 e. The monoisotopic (exact) mass is 511 g/mol. The molecule has 2 aliphatic rings. The molecule has 1 amide bonds. The van der Waals surface area contributed by atoms with Gasteiger partial charge in [0.1, 0.15) is 17.7 Å². The van der Waals surface area contributed by atoms with Crippen LogP contribution in [0, 0.1) is 18.4 Å². The fourth-order valence-corrected chi connectivity index (χ4v) is 5.11. The second kappa shape index (κ2) is 8.95. The number of carbonyl (C=O) groups excluding carboxylic acids is 1. The number of imidazole rings is 1. The van der Waals surface area contributed by atoms with E-state index in [4.69, 9.17) is 6.57 Å². The molecule has 12 nitrogen and oxygen atoms in total. The van der Waals surface area contributed by atoms with Crippen LogP contribution in [0.15, 0.2) is 52.4 Å². The lowest BCUT2D eigenvalue weighted by molar-refractivity contribution is -0.118. The molecule has 5 heterocycles. The Bertz CT molecular complexity index is 1720. The minimum Gasteiger partial charge on any atom is -0.356 e. The van der Waals surface area contributed by atoms with Gasteiger partial charge in [-0.2, -0.15) is 4.57 Å². The minimum absolute atomic E-state index is 0.0709. The summed E-state index contributed by atoms with van der Waals surface area (Å²) < 4.78 is 3.43. The highest BCUT2D eigenvalue weighted by Crippen LogP contribution is 2.45. The molecule has 1 N–H and O–H groups in total. The predicted octanol–water partition coefficient (Wildman–Crippen LogP) is 1.89. The Hall–Kier alpha value is -4.79. The van der Waals surface area contributed by atoms with Gasteiger partial charge in [-0.25, -0.2) is 26.3 Å². The van der Waals surface area contributed by atoms with Crippen LogP contribution < -0.4 is 21.5 Å². The van der Waals surface area contributed by atoms with E-state index in [1.54, 1.807) is 25.3 Å². The number of fused-ring (bicyclic) bond motifs is 2. The summed E-state index contributed by atoms with van der Waals surface area (Å²) in [4.78, 5) is 57.4. The first-order valence-electron chi connectivity index (χ1n) is 12.3. The van der Waals surface area contributed by atoms with E-state index in [2.05, 4.69) is 30.0 Å². The number of carbonyl (C=O) groups is 1. The number of anilines is 2. The molecule has 1 aliphatic heterocycles. The quantitative estimate of drug-likeness (QED) is 0.392. The Morgan fingerprint density at radius 1 is 1.18 bits per heavy atom. The lowest BCUT2D eigenvalue weighted by Gasteiger charge is -2.19.